The first-order chi connectivity index (χ1) is 14.4. The van der Waals surface area contributed by atoms with Crippen LogP contribution in [0, 0.1) is 11.8 Å². The van der Waals surface area contributed by atoms with Crippen molar-refractivity contribution in [2.45, 2.75) is 88.0 Å². The van der Waals surface area contributed by atoms with Gasteiger partial charge >= 0.3 is 0 Å². The minimum absolute atomic E-state index is 0.0585. The molecule has 30 heavy (non-hydrogen) atoms. The van der Waals surface area contributed by atoms with Gasteiger partial charge in [-0.2, -0.15) is 0 Å². The van der Waals surface area contributed by atoms with Gasteiger partial charge in [-0.25, -0.2) is 0 Å². The SMILES string of the molecule is CC[C@@]12CCC3(O1)C(C(=O)NC1CCCCC1)N(CCCO)C(=O)[C@@H]3[C@@H]2C(=O)NC. The Morgan fingerprint density at radius 3 is 2.57 bits per heavy atom. The van der Waals surface area contributed by atoms with Crippen LogP contribution in [0.25, 0.3) is 0 Å². The fourth-order valence-corrected chi connectivity index (χ4v) is 6.58. The van der Waals surface area contributed by atoms with Crippen LogP contribution in [0.3, 0.4) is 0 Å². The number of carbonyl (C=O) groups is 3. The second-order valence-corrected chi connectivity index (χ2v) is 9.40. The number of carbonyl (C=O) groups excluding carboxylic acids is 3. The minimum atomic E-state index is -0.960. The van der Waals surface area contributed by atoms with Crippen molar-refractivity contribution < 1.29 is 24.2 Å². The first kappa shape index (κ1) is 21.6. The molecule has 8 nitrogen and oxygen atoms in total. The number of amides is 3. The molecule has 1 saturated carbocycles. The van der Waals surface area contributed by atoms with E-state index in [1.165, 1.54) is 6.42 Å². The van der Waals surface area contributed by atoms with Crippen LogP contribution in [-0.4, -0.2) is 71.2 Å². The lowest BCUT2D eigenvalue weighted by Gasteiger charge is -2.35. The first-order valence-corrected chi connectivity index (χ1v) is 11.6. The number of aliphatic hydroxyl groups is 1. The summed E-state index contributed by atoms with van der Waals surface area (Å²) in [7, 11) is 1.58. The highest BCUT2D eigenvalue weighted by Crippen LogP contribution is 2.64. The molecule has 8 heteroatoms. The predicted molar refractivity (Wildman–Crippen MR) is 109 cm³/mol. The topological polar surface area (TPSA) is 108 Å². The van der Waals surface area contributed by atoms with Crippen LogP contribution in [0.2, 0.25) is 0 Å². The molecule has 5 atom stereocenters. The summed E-state index contributed by atoms with van der Waals surface area (Å²) in [6.07, 6.45) is 7.61. The molecule has 2 unspecified atom stereocenters. The van der Waals surface area contributed by atoms with Gasteiger partial charge in [0.2, 0.25) is 17.7 Å². The second-order valence-electron chi connectivity index (χ2n) is 9.40. The Kier molecular flexibility index (Phi) is 5.83. The van der Waals surface area contributed by atoms with Crippen molar-refractivity contribution in [2.24, 2.45) is 11.8 Å². The Morgan fingerprint density at radius 1 is 1.20 bits per heavy atom. The van der Waals surface area contributed by atoms with Gasteiger partial charge in [-0.1, -0.05) is 26.2 Å². The van der Waals surface area contributed by atoms with Crippen molar-refractivity contribution in [1.82, 2.24) is 15.5 Å². The number of ether oxygens (including phenoxy) is 1. The smallest absolute Gasteiger partial charge is 0.246 e. The Hall–Kier alpha value is -1.67. The molecule has 0 radical (unpaired) electrons. The molecule has 1 spiro atoms. The van der Waals surface area contributed by atoms with Gasteiger partial charge in [0.25, 0.3) is 0 Å². The average Bonchev–Trinajstić information content (AvgIpc) is 3.36. The highest BCUT2D eigenvalue weighted by Gasteiger charge is 2.78. The van der Waals surface area contributed by atoms with Gasteiger partial charge < -0.3 is 25.4 Å². The number of aliphatic hydroxyl groups excluding tert-OH is 1. The van der Waals surface area contributed by atoms with Crippen molar-refractivity contribution in [2.75, 3.05) is 20.2 Å². The summed E-state index contributed by atoms with van der Waals surface area (Å²) in [5.74, 6) is -1.77. The molecule has 4 fully saturated rings. The van der Waals surface area contributed by atoms with E-state index in [9.17, 15) is 19.5 Å². The maximum Gasteiger partial charge on any atom is 0.246 e. The van der Waals surface area contributed by atoms with E-state index in [0.717, 1.165) is 25.7 Å². The Balaban J connectivity index is 1.69. The average molecular weight is 422 g/mol. The fourth-order valence-electron chi connectivity index (χ4n) is 6.58. The number of hydrogen-bond donors (Lipinski definition) is 3. The third kappa shape index (κ3) is 3.06. The number of hydrogen-bond acceptors (Lipinski definition) is 5. The zero-order valence-electron chi connectivity index (χ0n) is 18.1. The van der Waals surface area contributed by atoms with Gasteiger partial charge in [-0.05, 0) is 38.5 Å². The van der Waals surface area contributed by atoms with Crippen molar-refractivity contribution in [3.05, 3.63) is 0 Å². The fraction of sp³-hybridized carbons (Fsp3) is 0.864. The zero-order valence-corrected chi connectivity index (χ0v) is 18.1. The summed E-state index contributed by atoms with van der Waals surface area (Å²) < 4.78 is 6.61. The third-order valence-electron chi connectivity index (χ3n) is 7.97. The lowest BCUT2D eigenvalue weighted by molar-refractivity contribution is -0.148. The Bertz CT molecular complexity index is 709. The maximum absolute atomic E-state index is 13.6. The monoisotopic (exact) mass is 421 g/mol. The largest absolute Gasteiger partial charge is 0.396 e. The molecule has 1 aliphatic carbocycles. The minimum Gasteiger partial charge on any atom is -0.396 e. The molecule has 4 aliphatic rings. The Morgan fingerprint density at radius 2 is 1.93 bits per heavy atom. The van der Waals surface area contributed by atoms with E-state index in [-0.39, 0.29) is 30.4 Å². The molecule has 3 aliphatic heterocycles. The summed E-state index contributed by atoms with van der Waals surface area (Å²) in [5.41, 5.74) is -1.65. The van der Waals surface area contributed by atoms with E-state index < -0.39 is 29.1 Å². The number of fused-ring (bicyclic) bond motifs is 1. The number of nitrogens with zero attached hydrogens (tertiary/aromatic N) is 1. The van der Waals surface area contributed by atoms with Crippen LogP contribution in [0.4, 0.5) is 0 Å². The second kappa shape index (κ2) is 8.11. The number of rotatable bonds is 7. The highest BCUT2D eigenvalue weighted by atomic mass is 16.5. The zero-order chi connectivity index (χ0) is 21.5. The van der Waals surface area contributed by atoms with Gasteiger partial charge in [-0.15, -0.1) is 0 Å². The van der Waals surface area contributed by atoms with E-state index in [1.807, 2.05) is 6.92 Å². The van der Waals surface area contributed by atoms with Crippen molar-refractivity contribution in [3.8, 4) is 0 Å². The van der Waals surface area contributed by atoms with Crippen LogP contribution >= 0.6 is 0 Å². The molecule has 4 rings (SSSR count). The molecule has 0 aromatic rings. The molecule has 3 heterocycles. The highest BCUT2D eigenvalue weighted by molar-refractivity contribution is 5.99. The lowest BCUT2D eigenvalue weighted by atomic mass is 9.65. The number of likely N-dealkylation sites (tertiary alicyclic amines) is 1. The van der Waals surface area contributed by atoms with E-state index in [4.69, 9.17) is 4.74 Å². The molecular formula is C22H35N3O5. The van der Waals surface area contributed by atoms with Gasteiger partial charge in [0.1, 0.15) is 11.6 Å². The predicted octanol–water partition coefficient (Wildman–Crippen LogP) is 0.719. The lowest BCUT2D eigenvalue weighted by Crippen LogP contribution is -2.57. The van der Waals surface area contributed by atoms with Crippen LogP contribution in [0.1, 0.15) is 64.7 Å². The van der Waals surface area contributed by atoms with Gasteiger partial charge in [0.15, 0.2) is 0 Å². The van der Waals surface area contributed by atoms with Gasteiger partial charge in [-0.3, -0.25) is 14.4 Å². The van der Waals surface area contributed by atoms with Gasteiger partial charge in [0, 0.05) is 26.2 Å². The van der Waals surface area contributed by atoms with E-state index in [1.54, 1.807) is 11.9 Å². The molecular weight excluding hydrogens is 386 g/mol. The van der Waals surface area contributed by atoms with E-state index in [0.29, 0.717) is 32.2 Å². The molecule has 3 saturated heterocycles. The molecule has 0 aromatic heterocycles. The molecule has 168 valence electrons. The first-order valence-electron chi connectivity index (χ1n) is 11.6. The quantitative estimate of drug-likeness (QED) is 0.561. The number of nitrogens with one attached hydrogen (secondary N) is 2. The van der Waals surface area contributed by atoms with E-state index >= 15 is 0 Å². The summed E-state index contributed by atoms with van der Waals surface area (Å²) >= 11 is 0. The summed E-state index contributed by atoms with van der Waals surface area (Å²) in [5, 5.41) is 15.3. The third-order valence-corrected chi connectivity index (χ3v) is 7.97. The van der Waals surface area contributed by atoms with Crippen LogP contribution in [0.5, 0.6) is 0 Å². The summed E-state index contributed by atoms with van der Waals surface area (Å²) in [4.78, 5) is 41.6. The van der Waals surface area contributed by atoms with Gasteiger partial charge in [0.05, 0.1) is 17.4 Å². The maximum atomic E-state index is 13.6. The summed E-state index contributed by atoms with van der Waals surface area (Å²) in [6, 6.07) is -0.614. The van der Waals surface area contributed by atoms with Crippen molar-refractivity contribution in [1.29, 1.82) is 0 Å². The van der Waals surface area contributed by atoms with Crippen LogP contribution in [0.15, 0.2) is 0 Å². The molecule has 2 bridgehead atoms. The van der Waals surface area contributed by atoms with Crippen LogP contribution in [-0.2, 0) is 19.1 Å². The molecule has 3 N–H and O–H groups in total. The normalized spacial score (nSPS) is 38.0. The molecule has 3 amide bonds. The van der Waals surface area contributed by atoms with Crippen LogP contribution < -0.4 is 10.6 Å². The van der Waals surface area contributed by atoms with Crippen molar-refractivity contribution >= 4 is 17.7 Å². The standard InChI is InChI=1S/C22H35N3O5/c1-3-21-10-11-22(30-21)16(15(21)18(27)23-2)20(29)25(12-7-13-26)17(22)19(28)24-14-8-5-4-6-9-14/h14-17,26H,3-13H2,1-2H3,(H,23,27)(H,24,28)/t15-,16+,17?,21+,22?/m1/s1. The molecule has 0 aromatic carbocycles. The van der Waals surface area contributed by atoms with Crippen molar-refractivity contribution in [3.63, 3.8) is 0 Å². The summed E-state index contributed by atoms with van der Waals surface area (Å²) in [6.45, 7) is 2.22. The Labute approximate surface area is 178 Å². The van der Waals surface area contributed by atoms with E-state index in [2.05, 4.69) is 10.6 Å².